The highest BCUT2D eigenvalue weighted by molar-refractivity contribution is 6.35. The van der Waals surface area contributed by atoms with E-state index in [-0.39, 0.29) is 0 Å². The van der Waals surface area contributed by atoms with E-state index in [0.29, 0.717) is 41.8 Å². The third-order valence-electron chi connectivity index (χ3n) is 2.74. The Morgan fingerprint density at radius 2 is 1.88 bits per heavy atom. The zero-order valence-corrected chi connectivity index (χ0v) is 14.8. The van der Waals surface area contributed by atoms with E-state index in [0.717, 1.165) is 6.42 Å². The minimum atomic E-state index is -0.832. The fourth-order valence-corrected chi connectivity index (χ4v) is 2.02. The second kappa shape index (κ2) is 10.5. The summed E-state index contributed by atoms with van der Waals surface area (Å²) in [4.78, 5) is 22.9. The Labute approximate surface area is 146 Å². The summed E-state index contributed by atoms with van der Waals surface area (Å²) in [6, 6.07) is 3.31. The average Bonchev–Trinajstić information content (AvgIpc) is 2.55. The summed E-state index contributed by atoms with van der Waals surface area (Å²) in [5.41, 5.74) is 2.75. The van der Waals surface area contributed by atoms with Crippen LogP contribution < -0.4 is 20.2 Å². The maximum atomic E-state index is 11.5. The van der Waals surface area contributed by atoms with E-state index in [4.69, 9.17) is 21.1 Å². The molecule has 0 spiro atoms. The molecule has 8 heteroatoms. The Morgan fingerprint density at radius 3 is 2.50 bits per heavy atom. The van der Waals surface area contributed by atoms with Gasteiger partial charge in [0.1, 0.15) is 0 Å². The molecular formula is C16H22ClN3O4. The van der Waals surface area contributed by atoms with Crippen LogP contribution in [0.3, 0.4) is 0 Å². The van der Waals surface area contributed by atoms with E-state index in [1.54, 1.807) is 12.1 Å². The molecule has 1 aromatic carbocycles. The summed E-state index contributed by atoms with van der Waals surface area (Å²) in [6.07, 6.45) is 2.11. The number of halogens is 1. The van der Waals surface area contributed by atoms with E-state index in [9.17, 15) is 9.59 Å². The monoisotopic (exact) mass is 355 g/mol. The van der Waals surface area contributed by atoms with E-state index >= 15 is 0 Å². The Balaban J connectivity index is 2.80. The quantitative estimate of drug-likeness (QED) is 0.424. The van der Waals surface area contributed by atoms with E-state index in [1.807, 2.05) is 20.8 Å². The van der Waals surface area contributed by atoms with E-state index in [1.165, 1.54) is 6.21 Å². The fraction of sp³-hybridized carbons (Fsp3) is 0.438. The Morgan fingerprint density at radius 1 is 1.17 bits per heavy atom. The Hall–Kier alpha value is -2.28. The van der Waals surface area contributed by atoms with Gasteiger partial charge in [0, 0.05) is 6.54 Å². The summed E-state index contributed by atoms with van der Waals surface area (Å²) >= 11 is 6.18. The first-order chi connectivity index (χ1) is 11.5. The van der Waals surface area contributed by atoms with Gasteiger partial charge in [0.2, 0.25) is 0 Å². The molecular weight excluding hydrogens is 334 g/mol. The molecule has 132 valence electrons. The van der Waals surface area contributed by atoms with Gasteiger partial charge < -0.3 is 14.8 Å². The van der Waals surface area contributed by atoms with Crippen LogP contribution >= 0.6 is 11.6 Å². The van der Waals surface area contributed by atoms with Crippen LogP contribution in [0.15, 0.2) is 17.2 Å². The van der Waals surface area contributed by atoms with Gasteiger partial charge in [-0.15, -0.1) is 0 Å². The first-order valence-corrected chi connectivity index (χ1v) is 8.11. The number of ether oxygens (including phenoxy) is 2. The van der Waals surface area contributed by atoms with Crippen LogP contribution in [0.5, 0.6) is 11.5 Å². The lowest BCUT2D eigenvalue weighted by Gasteiger charge is -2.13. The summed E-state index contributed by atoms with van der Waals surface area (Å²) in [6.45, 7) is 6.92. The van der Waals surface area contributed by atoms with Gasteiger partial charge in [-0.2, -0.15) is 5.10 Å². The lowest BCUT2D eigenvalue weighted by molar-refractivity contribution is -0.139. The molecule has 7 nitrogen and oxygen atoms in total. The van der Waals surface area contributed by atoms with Crippen molar-refractivity contribution in [3.05, 3.63) is 22.7 Å². The minimum absolute atomic E-state index is 0.372. The number of nitrogens with zero attached hydrogens (tertiary/aromatic N) is 1. The number of amides is 2. The van der Waals surface area contributed by atoms with Crippen molar-refractivity contribution in [1.82, 2.24) is 10.7 Å². The molecule has 2 N–H and O–H groups in total. The van der Waals surface area contributed by atoms with Crippen LogP contribution in [-0.2, 0) is 9.59 Å². The van der Waals surface area contributed by atoms with E-state index < -0.39 is 11.8 Å². The third kappa shape index (κ3) is 6.08. The number of nitrogens with one attached hydrogen (secondary N) is 2. The number of carbonyl (C=O) groups excluding carboxylic acids is 2. The van der Waals surface area contributed by atoms with Crippen molar-refractivity contribution >= 4 is 29.6 Å². The molecule has 0 saturated carbocycles. The molecule has 0 heterocycles. The van der Waals surface area contributed by atoms with Gasteiger partial charge in [0.15, 0.2) is 11.5 Å². The molecule has 0 atom stereocenters. The molecule has 0 saturated heterocycles. The number of hydrogen-bond acceptors (Lipinski definition) is 5. The van der Waals surface area contributed by atoms with Gasteiger partial charge in [-0.05, 0) is 38.0 Å². The lowest BCUT2D eigenvalue weighted by Crippen LogP contribution is -2.38. The molecule has 0 bridgehead atoms. The topological polar surface area (TPSA) is 89.0 Å². The summed E-state index contributed by atoms with van der Waals surface area (Å²) in [5, 5.41) is 6.57. The Bertz CT molecular complexity index is 605. The first-order valence-electron chi connectivity index (χ1n) is 7.73. The second-order valence-electron chi connectivity index (χ2n) is 4.65. The standard InChI is InChI=1S/C16H22ClN3O4/c1-4-7-18-15(21)16(22)20-19-10-11-8-12(17)14(24-6-3)13(9-11)23-5-2/h8-10H,4-7H2,1-3H3,(H,18,21)(H,20,22)/b19-10-. The van der Waals surface area contributed by atoms with Crippen molar-refractivity contribution < 1.29 is 19.1 Å². The molecule has 2 amide bonds. The Kier molecular flexibility index (Phi) is 8.64. The molecule has 0 aliphatic carbocycles. The highest BCUT2D eigenvalue weighted by Crippen LogP contribution is 2.36. The van der Waals surface area contributed by atoms with Gasteiger partial charge in [-0.3, -0.25) is 9.59 Å². The highest BCUT2D eigenvalue weighted by Gasteiger charge is 2.13. The van der Waals surface area contributed by atoms with Gasteiger partial charge in [0.25, 0.3) is 0 Å². The SMILES string of the molecule is CCCNC(=O)C(=O)N/N=C\c1cc(Cl)c(OCC)c(OCC)c1. The number of rotatable bonds is 8. The van der Waals surface area contributed by atoms with Crippen molar-refractivity contribution in [2.45, 2.75) is 27.2 Å². The maximum Gasteiger partial charge on any atom is 0.329 e. The molecule has 0 aliphatic heterocycles. The van der Waals surface area contributed by atoms with Crippen molar-refractivity contribution in [3.63, 3.8) is 0 Å². The molecule has 0 aromatic heterocycles. The molecule has 0 aliphatic rings. The third-order valence-corrected chi connectivity index (χ3v) is 3.02. The number of carbonyl (C=O) groups is 2. The first kappa shape index (κ1) is 19.8. The average molecular weight is 356 g/mol. The smallest absolute Gasteiger partial charge is 0.329 e. The van der Waals surface area contributed by atoms with Crippen LogP contribution in [0.4, 0.5) is 0 Å². The van der Waals surface area contributed by atoms with Gasteiger partial charge in [0.05, 0.1) is 24.5 Å². The molecule has 1 rings (SSSR count). The molecule has 1 aromatic rings. The van der Waals surface area contributed by atoms with Crippen molar-refractivity contribution in [1.29, 1.82) is 0 Å². The summed E-state index contributed by atoms with van der Waals surface area (Å²) < 4.78 is 11.0. The predicted octanol–water partition coefficient (Wildman–Crippen LogP) is 2.11. The maximum absolute atomic E-state index is 11.5. The van der Waals surface area contributed by atoms with Gasteiger partial charge in [-0.1, -0.05) is 18.5 Å². The highest BCUT2D eigenvalue weighted by atomic mass is 35.5. The van der Waals surface area contributed by atoms with Crippen LogP contribution in [0.1, 0.15) is 32.8 Å². The number of hydrazone groups is 1. The van der Waals surface area contributed by atoms with Gasteiger partial charge in [-0.25, -0.2) is 5.43 Å². The predicted molar refractivity (Wildman–Crippen MR) is 92.8 cm³/mol. The summed E-state index contributed by atoms with van der Waals surface area (Å²) in [5.74, 6) is -0.614. The number of benzene rings is 1. The molecule has 0 fully saturated rings. The van der Waals surface area contributed by atoms with Crippen LogP contribution in [0.25, 0.3) is 0 Å². The zero-order valence-electron chi connectivity index (χ0n) is 14.0. The van der Waals surface area contributed by atoms with E-state index in [2.05, 4.69) is 15.8 Å². The fourth-order valence-electron chi connectivity index (χ4n) is 1.74. The van der Waals surface area contributed by atoms with Crippen LogP contribution in [0.2, 0.25) is 5.02 Å². The molecule has 0 radical (unpaired) electrons. The molecule has 0 unspecified atom stereocenters. The lowest BCUT2D eigenvalue weighted by atomic mass is 10.2. The number of hydrogen-bond donors (Lipinski definition) is 2. The summed E-state index contributed by atoms with van der Waals surface area (Å²) in [7, 11) is 0. The van der Waals surface area contributed by atoms with Crippen molar-refractivity contribution in [2.75, 3.05) is 19.8 Å². The normalized spacial score (nSPS) is 10.5. The van der Waals surface area contributed by atoms with Crippen LogP contribution in [0, 0.1) is 0 Å². The minimum Gasteiger partial charge on any atom is -0.490 e. The van der Waals surface area contributed by atoms with Gasteiger partial charge >= 0.3 is 11.8 Å². The van der Waals surface area contributed by atoms with Crippen molar-refractivity contribution in [2.24, 2.45) is 5.10 Å². The molecule has 24 heavy (non-hydrogen) atoms. The van der Waals surface area contributed by atoms with Crippen molar-refractivity contribution in [3.8, 4) is 11.5 Å². The zero-order chi connectivity index (χ0) is 17.9. The van der Waals surface area contributed by atoms with Crippen LogP contribution in [-0.4, -0.2) is 37.8 Å². The second-order valence-corrected chi connectivity index (χ2v) is 5.06. The largest absolute Gasteiger partial charge is 0.490 e.